The number of H-pyrrole nitrogens is 1. The number of benzene rings is 1. The van der Waals surface area contributed by atoms with Crippen LogP contribution in [0.15, 0.2) is 24.3 Å². The molecule has 0 atom stereocenters. The number of hydrogen-bond acceptors (Lipinski definition) is 1. The molecule has 10 heavy (non-hydrogen) atoms. The summed E-state index contributed by atoms with van der Waals surface area (Å²) in [6, 6.07) is 8.09. The molecule has 0 aliphatic rings. The van der Waals surface area contributed by atoms with Crippen LogP contribution >= 0.6 is 0 Å². The van der Waals surface area contributed by atoms with Gasteiger partial charge in [0.2, 0.25) is 0 Å². The highest BCUT2D eigenvalue weighted by molar-refractivity contribution is 6.30. The molecule has 0 aliphatic carbocycles. The lowest BCUT2D eigenvalue weighted by Gasteiger charge is -1.81. The van der Waals surface area contributed by atoms with Crippen molar-refractivity contribution in [2.24, 2.45) is 0 Å². The van der Waals surface area contributed by atoms with E-state index in [4.69, 9.17) is 0 Å². The van der Waals surface area contributed by atoms with Gasteiger partial charge in [-0.25, -0.2) is 4.98 Å². The van der Waals surface area contributed by atoms with Gasteiger partial charge in [0.05, 0.1) is 26.7 Å². The van der Waals surface area contributed by atoms with E-state index in [0.29, 0.717) is 0 Å². The van der Waals surface area contributed by atoms with Crippen LogP contribution in [0.25, 0.3) is 11.0 Å². The molecule has 2 nitrogen and oxygen atoms in total. The van der Waals surface area contributed by atoms with Crippen molar-refractivity contribution in [3.63, 3.8) is 0 Å². The first-order chi connectivity index (χ1) is 4.86. The van der Waals surface area contributed by atoms with Crippen LogP contribution in [0, 0.1) is 0 Å². The average molecular weight is 148 g/mol. The molecule has 3 heteroatoms. The van der Waals surface area contributed by atoms with Crippen molar-refractivity contribution in [1.29, 1.82) is 0 Å². The standard InChI is InChI=1S/C7H8N2Si/c10-7-8-5-3-1-2-4-6(5)9-7/h1-4H,10H3,(H,8,9). The van der Waals surface area contributed by atoms with E-state index in [1.165, 1.54) is 0 Å². The minimum Gasteiger partial charge on any atom is -0.347 e. The normalized spacial score (nSPS) is 10.8. The molecule has 1 aromatic carbocycles. The van der Waals surface area contributed by atoms with Gasteiger partial charge in [0.25, 0.3) is 0 Å². The Bertz CT molecular complexity index is 320. The van der Waals surface area contributed by atoms with Crippen molar-refractivity contribution < 1.29 is 0 Å². The molecule has 50 valence electrons. The lowest BCUT2D eigenvalue weighted by Crippen LogP contribution is -2.04. The molecular weight excluding hydrogens is 140 g/mol. The van der Waals surface area contributed by atoms with Crippen molar-refractivity contribution in [3.05, 3.63) is 24.3 Å². The lowest BCUT2D eigenvalue weighted by molar-refractivity contribution is 1.44. The Morgan fingerprint density at radius 1 is 1.30 bits per heavy atom. The predicted molar refractivity (Wildman–Crippen MR) is 45.7 cm³/mol. The van der Waals surface area contributed by atoms with Crippen molar-refractivity contribution in [1.82, 2.24) is 9.97 Å². The van der Waals surface area contributed by atoms with Crippen molar-refractivity contribution in [2.45, 2.75) is 0 Å². The van der Waals surface area contributed by atoms with Crippen LogP contribution in [0.3, 0.4) is 0 Å². The van der Waals surface area contributed by atoms with Gasteiger partial charge in [-0.2, -0.15) is 0 Å². The second-order valence-corrected chi connectivity index (χ2v) is 3.29. The number of imidazole rings is 1. The van der Waals surface area contributed by atoms with Crippen LogP contribution in [0.5, 0.6) is 0 Å². The number of hydrogen-bond donors (Lipinski definition) is 1. The van der Waals surface area contributed by atoms with Crippen LogP contribution in [0.4, 0.5) is 0 Å². The fourth-order valence-corrected chi connectivity index (χ4v) is 1.59. The van der Waals surface area contributed by atoms with Gasteiger partial charge in [0.15, 0.2) is 0 Å². The Labute approximate surface area is 61.7 Å². The maximum atomic E-state index is 4.32. The zero-order valence-electron chi connectivity index (χ0n) is 5.76. The molecule has 0 fully saturated rings. The number of para-hydroxylation sites is 2. The summed E-state index contributed by atoms with van der Waals surface area (Å²) in [5, 5.41) is 0. The number of rotatable bonds is 0. The third-order valence-corrected chi connectivity index (χ3v) is 1.98. The quantitative estimate of drug-likeness (QED) is 0.504. The third kappa shape index (κ3) is 0.752. The van der Waals surface area contributed by atoms with E-state index >= 15 is 0 Å². The third-order valence-electron chi connectivity index (χ3n) is 1.51. The molecule has 0 bridgehead atoms. The first-order valence-electron chi connectivity index (χ1n) is 3.27. The van der Waals surface area contributed by atoms with Crippen molar-refractivity contribution >= 4 is 26.7 Å². The molecule has 1 aromatic heterocycles. The van der Waals surface area contributed by atoms with Crippen molar-refractivity contribution in [2.75, 3.05) is 0 Å². The molecule has 2 rings (SSSR count). The molecule has 0 radical (unpaired) electrons. The summed E-state index contributed by atoms with van der Waals surface area (Å²) in [5.41, 5.74) is 3.33. The van der Waals surface area contributed by atoms with E-state index in [1.54, 1.807) is 0 Å². The summed E-state index contributed by atoms with van der Waals surface area (Å²) in [7, 11) is 0.996. The maximum absolute atomic E-state index is 4.32. The van der Waals surface area contributed by atoms with E-state index in [9.17, 15) is 0 Å². The van der Waals surface area contributed by atoms with E-state index < -0.39 is 0 Å². The Morgan fingerprint density at radius 3 is 2.90 bits per heavy atom. The average Bonchev–Trinajstić information content (AvgIpc) is 2.27. The topological polar surface area (TPSA) is 28.7 Å². The molecule has 0 unspecified atom stereocenters. The number of aromatic nitrogens is 2. The van der Waals surface area contributed by atoms with Crippen LogP contribution in [-0.2, 0) is 0 Å². The Balaban J connectivity index is 2.88. The zero-order valence-corrected chi connectivity index (χ0v) is 7.76. The molecule has 0 spiro atoms. The SMILES string of the molecule is [SiH3]c1nc2ccccc2[nH]1. The molecule has 0 saturated carbocycles. The monoisotopic (exact) mass is 148 g/mol. The van der Waals surface area contributed by atoms with E-state index in [0.717, 1.165) is 26.7 Å². The second kappa shape index (κ2) is 1.95. The first-order valence-corrected chi connectivity index (χ1v) is 4.27. The zero-order chi connectivity index (χ0) is 6.97. The minimum atomic E-state index is 0.996. The van der Waals surface area contributed by atoms with Crippen LogP contribution in [-0.4, -0.2) is 20.2 Å². The highest BCUT2D eigenvalue weighted by Crippen LogP contribution is 2.04. The highest BCUT2D eigenvalue weighted by atomic mass is 28.1. The fraction of sp³-hybridized carbons (Fsp3) is 0. The number of fused-ring (bicyclic) bond motifs is 1. The lowest BCUT2D eigenvalue weighted by atomic mass is 10.3. The van der Waals surface area contributed by atoms with Gasteiger partial charge in [0.1, 0.15) is 0 Å². The maximum Gasteiger partial charge on any atom is 0.0880 e. The number of nitrogens with one attached hydrogen (secondary N) is 1. The summed E-state index contributed by atoms with van der Waals surface area (Å²) in [6.07, 6.45) is 0. The van der Waals surface area contributed by atoms with E-state index in [1.807, 2.05) is 24.3 Å². The van der Waals surface area contributed by atoms with Gasteiger partial charge in [0, 0.05) is 0 Å². The van der Waals surface area contributed by atoms with Crippen LogP contribution < -0.4 is 5.45 Å². The summed E-state index contributed by atoms with van der Waals surface area (Å²) < 4.78 is 0. The summed E-state index contributed by atoms with van der Waals surface area (Å²) >= 11 is 0. The summed E-state index contributed by atoms with van der Waals surface area (Å²) in [5.74, 6) is 0. The van der Waals surface area contributed by atoms with Crippen LogP contribution in [0.2, 0.25) is 0 Å². The Morgan fingerprint density at radius 2 is 2.10 bits per heavy atom. The smallest absolute Gasteiger partial charge is 0.0880 e. The summed E-state index contributed by atoms with van der Waals surface area (Å²) in [4.78, 5) is 7.53. The molecule has 2 aromatic rings. The Kier molecular flexibility index (Phi) is 1.11. The summed E-state index contributed by atoms with van der Waals surface area (Å²) in [6.45, 7) is 0. The van der Waals surface area contributed by atoms with Crippen LogP contribution in [0.1, 0.15) is 0 Å². The van der Waals surface area contributed by atoms with Gasteiger partial charge in [-0.3, -0.25) is 0 Å². The molecular formula is C7H8N2Si. The molecule has 1 N–H and O–H groups in total. The fourth-order valence-electron chi connectivity index (χ4n) is 1.08. The highest BCUT2D eigenvalue weighted by Gasteiger charge is 1.93. The number of nitrogens with zero attached hydrogens (tertiary/aromatic N) is 1. The largest absolute Gasteiger partial charge is 0.347 e. The molecule has 1 heterocycles. The predicted octanol–water partition coefficient (Wildman–Crippen LogP) is -0.446. The first kappa shape index (κ1) is 5.67. The van der Waals surface area contributed by atoms with Crippen molar-refractivity contribution in [3.8, 4) is 0 Å². The minimum absolute atomic E-state index is 0.996. The second-order valence-electron chi connectivity index (χ2n) is 2.34. The Hall–Kier alpha value is -1.09. The van der Waals surface area contributed by atoms with Gasteiger partial charge in [-0.15, -0.1) is 0 Å². The van der Waals surface area contributed by atoms with Gasteiger partial charge in [-0.1, -0.05) is 12.1 Å². The molecule has 0 aliphatic heterocycles. The van der Waals surface area contributed by atoms with E-state index in [-0.39, 0.29) is 0 Å². The van der Waals surface area contributed by atoms with Gasteiger partial charge < -0.3 is 4.98 Å². The number of aromatic amines is 1. The molecule has 0 saturated heterocycles. The molecule has 0 amide bonds. The van der Waals surface area contributed by atoms with E-state index in [2.05, 4.69) is 9.97 Å². The van der Waals surface area contributed by atoms with Gasteiger partial charge in [-0.05, 0) is 12.1 Å². The van der Waals surface area contributed by atoms with Gasteiger partial charge >= 0.3 is 0 Å².